The molecule has 0 saturated heterocycles. The molecule has 1 aliphatic rings. The molecule has 1 fully saturated rings. The smallest absolute Gasteiger partial charge is 0.0348 e. The van der Waals surface area contributed by atoms with Crippen LogP contribution in [0.2, 0.25) is 0 Å². The minimum absolute atomic E-state index is 0.301. The zero-order valence-corrected chi connectivity index (χ0v) is 10.0. The quantitative estimate of drug-likeness (QED) is 0.693. The Labute approximate surface area is 90.1 Å². The van der Waals surface area contributed by atoms with Gasteiger partial charge in [0.1, 0.15) is 0 Å². The van der Waals surface area contributed by atoms with Gasteiger partial charge in [-0.1, -0.05) is 19.3 Å². The average molecular weight is 217 g/mol. The summed E-state index contributed by atoms with van der Waals surface area (Å²) < 4.78 is 11.8. The summed E-state index contributed by atoms with van der Waals surface area (Å²) in [5.41, 5.74) is 5.66. The van der Waals surface area contributed by atoms with Gasteiger partial charge in [-0.2, -0.15) is 0 Å². The highest BCUT2D eigenvalue weighted by atomic mass is 32.2. The van der Waals surface area contributed by atoms with Gasteiger partial charge in [0.15, 0.2) is 0 Å². The Balaban J connectivity index is 2.03. The van der Waals surface area contributed by atoms with Crippen LogP contribution in [-0.4, -0.2) is 21.3 Å². The van der Waals surface area contributed by atoms with E-state index in [1.165, 1.54) is 25.7 Å². The Morgan fingerprint density at radius 1 is 1.36 bits per heavy atom. The van der Waals surface area contributed by atoms with Crippen molar-refractivity contribution in [1.29, 1.82) is 0 Å². The Kier molecular flexibility index (Phi) is 5.71. The van der Waals surface area contributed by atoms with Gasteiger partial charge in [-0.15, -0.1) is 0 Å². The fourth-order valence-electron chi connectivity index (χ4n) is 2.03. The zero-order chi connectivity index (χ0) is 10.4. The summed E-state index contributed by atoms with van der Waals surface area (Å²) in [7, 11) is -0.551. The summed E-state index contributed by atoms with van der Waals surface area (Å²) >= 11 is 0. The Morgan fingerprint density at radius 2 is 2.00 bits per heavy atom. The molecule has 1 rings (SSSR count). The first-order valence-electron chi connectivity index (χ1n) is 5.83. The highest BCUT2D eigenvalue weighted by Gasteiger charge is 2.20. The molecule has 0 aromatic carbocycles. The number of unbranched alkanes of at least 4 members (excludes halogenated alkanes) is 1. The lowest BCUT2D eigenvalue weighted by molar-refractivity contribution is 0.611. The summed E-state index contributed by atoms with van der Waals surface area (Å²) in [6.45, 7) is 2.04. The van der Waals surface area contributed by atoms with Crippen LogP contribution < -0.4 is 5.73 Å². The summed E-state index contributed by atoms with van der Waals surface area (Å²) in [5.74, 6) is 0.900. The lowest BCUT2D eigenvalue weighted by Gasteiger charge is -2.09. The second-order valence-electron chi connectivity index (χ2n) is 4.46. The minimum Gasteiger partial charge on any atom is -0.328 e. The van der Waals surface area contributed by atoms with Gasteiger partial charge in [0, 0.05) is 27.8 Å². The standard InChI is InChI=1S/C11H23NOS/c1-10(12)6-4-5-9-14(13)11-7-2-3-8-11/h10-11H,2-9,12H2,1H3. The molecule has 0 aliphatic heterocycles. The number of hydrogen-bond acceptors (Lipinski definition) is 2. The lowest BCUT2D eigenvalue weighted by Crippen LogP contribution is -2.16. The number of rotatable bonds is 6. The van der Waals surface area contributed by atoms with E-state index in [0.29, 0.717) is 11.3 Å². The molecule has 2 unspecified atom stereocenters. The highest BCUT2D eigenvalue weighted by molar-refractivity contribution is 7.85. The minimum atomic E-state index is -0.551. The molecule has 0 heterocycles. The van der Waals surface area contributed by atoms with Gasteiger partial charge in [0.05, 0.1) is 0 Å². The van der Waals surface area contributed by atoms with Crippen LogP contribution in [0.4, 0.5) is 0 Å². The van der Waals surface area contributed by atoms with Crippen LogP contribution in [0.15, 0.2) is 0 Å². The first-order valence-corrected chi connectivity index (χ1v) is 7.21. The second kappa shape index (κ2) is 6.57. The molecule has 3 heteroatoms. The van der Waals surface area contributed by atoms with Gasteiger partial charge in [-0.25, -0.2) is 0 Å². The predicted octanol–water partition coefficient (Wildman–Crippen LogP) is 2.20. The van der Waals surface area contributed by atoms with Crippen molar-refractivity contribution >= 4 is 10.8 Å². The predicted molar refractivity (Wildman–Crippen MR) is 62.8 cm³/mol. The molecule has 1 aliphatic carbocycles. The summed E-state index contributed by atoms with van der Waals surface area (Å²) in [5, 5.41) is 0.519. The van der Waals surface area contributed by atoms with E-state index in [0.717, 1.165) is 25.0 Å². The first-order chi connectivity index (χ1) is 6.70. The van der Waals surface area contributed by atoms with Crippen molar-refractivity contribution in [2.45, 2.75) is 63.2 Å². The van der Waals surface area contributed by atoms with Gasteiger partial charge in [-0.05, 0) is 32.6 Å². The maximum atomic E-state index is 11.8. The van der Waals surface area contributed by atoms with Crippen molar-refractivity contribution in [2.75, 3.05) is 5.75 Å². The van der Waals surface area contributed by atoms with Gasteiger partial charge in [-0.3, -0.25) is 4.21 Å². The van der Waals surface area contributed by atoms with E-state index in [1.807, 2.05) is 6.92 Å². The maximum Gasteiger partial charge on any atom is 0.0348 e. The van der Waals surface area contributed by atoms with Gasteiger partial charge < -0.3 is 5.73 Å². The van der Waals surface area contributed by atoms with E-state index in [-0.39, 0.29) is 0 Å². The molecular formula is C11H23NOS. The molecule has 0 bridgehead atoms. The van der Waals surface area contributed by atoms with Crippen molar-refractivity contribution in [3.05, 3.63) is 0 Å². The van der Waals surface area contributed by atoms with E-state index in [4.69, 9.17) is 5.73 Å². The number of nitrogens with two attached hydrogens (primary N) is 1. The Morgan fingerprint density at radius 3 is 2.57 bits per heavy atom. The Hall–Kier alpha value is 0.110. The SMILES string of the molecule is CC(N)CCCCS(=O)C1CCCC1. The Bertz CT molecular complexity index is 176. The average Bonchev–Trinajstić information content (AvgIpc) is 2.64. The molecule has 0 spiro atoms. The van der Waals surface area contributed by atoms with Crippen LogP contribution in [0.25, 0.3) is 0 Å². The third kappa shape index (κ3) is 4.56. The third-order valence-electron chi connectivity index (χ3n) is 2.93. The van der Waals surface area contributed by atoms with Crippen LogP contribution in [0, 0.1) is 0 Å². The largest absolute Gasteiger partial charge is 0.328 e. The van der Waals surface area contributed by atoms with Gasteiger partial charge in [0.25, 0.3) is 0 Å². The van der Waals surface area contributed by atoms with Gasteiger partial charge in [0.2, 0.25) is 0 Å². The fraction of sp³-hybridized carbons (Fsp3) is 1.00. The van der Waals surface area contributed by atoms with Crippen molar-refractivity contribution in [2.24, 2.45) is 5.73 Å². The van der Waals surface area contributed by atoms with E-state index < -0.39 is 10.8 Å². The maximum absolute atomic E-state index is 11.8. The monoisotopic (exact) mass is 217 g/mol. The first kappa shape index (κ1) is 12.2. The third-order valence-corrected chi connectivity index (χ3v) is 4.83. The van der Waals surface area contributed by atoms with Crippen molar-refractivity contribution in [3.63, 3.8) is 0 Å². The summed E-state index contributed by atoms with van der Waals surface area (Å²) in [6, 6.07) is 0.301. The molecule has 14 heavy (non-hydrogen) atoms. The molecule has 0 radical (unpaired) electrons. The van der Waals surface area contributed by atoms with E-state index in [2.05, 4.69) is 0 Å². The van der Waals surface area contributed by atoms with Crippen LogP contribution in [-0.2, 0) is 10.8 Å². The molecule has 0 aromatic rings. The normalized spacial score (nSPS) is 22.4. The number of hydrogen-bond donors (Lipinski definition) is 1. The molecule has 2 nitrogen and oxygen atoms in total. The van der Waals surface area contributed by atoms with Crippen molar-refractivity contribution in [3.8, 4) is 0 Å². The summed E-state index contributed by atoms with van der Waals surface area (Å²) in [6.07, 6.45) is 8.26. The molecule has 84 valence electrons. The van der Waals surface area contributed by atoms with E-state index >= 15 is 0 Å². The van der Waals surface area contributed by atoms with E-state index in [1.54, 1.807) is 0 Å². The summed E-state index contributed by atoms with van der Waals surface area (Å²) in [4.78, 5) is 0. The highest BCUT2D eigenvalue weighted by Crippen LogP contribution is 2.23. The van der Waals surface area contributed by atoms with E-state index in [9.17, 15) is 4.21 Å². The molecule has 2 atom stereocenters. The topological polar surface area (TPSA) is 43.1 Å². The molecular weight excluding hydrogens is 194 g/mol. The van der Waals surface area contributed by atoms with Gasteiger partial charge >= 0.3 is 0 Å². The fourth-order valence-corrected chi connectivity index (χ4v) is 3.71. The van der Waals surface area contributed by atoms with Crippen molar-refractivity contribution in [1.82, 2.24) is 0 Å². The van der Waals surface area contributed by atoms with Crippen LogP contribution >= 0.6 is 0 Å². The second-order valence-corrected chi connectivity index (χ2v) is 6.30. The van der Waals surface area contributed by atoms with Crippen LogP contribution in [0.1, 0.15) is 51.9 Å². The van der Waals surface area contributed by atoms with Crippen molar-refractivity contribution < 1.29 is 4.21 Å². The zero-order valence-electron chi connectivity index (χ0n) is 9.21. The molecule has 1 saturated carbocycles. The van der Waals surface area contributed by atoms with Crippen LogP contribution in [0.5, 0.6) is 0 Å². The van der Waals surface area contributed by atoms with Crippen LogP contribution in [0.3, 0.4) is 0 Å². The molecule has 0 aromatic heterocycles. The molecule has 0 amide bonds. The lowest BCUT2D eigenvalue weighted by atomic mass is 10.2. The molecule has 2 N–H and O–H groups in total.